The van der Waals surface area contributed by atoms with Gasteiger partial charge in [0.25, 0.3) is 0 Å². The molecule has 15 heavy (non-hydrogen) atoms. The quantitative estimate of drug-likeness (QED) is 0.752. The summed E-state index contributed by atoms with van der Waals surface area (Å²) in [6.07, 6.45) is 1.53. The number of hydrogen-bond acceptors (Lipinski definition) is 2. The third-order valence-electron chi connectivity index (χ3n) is 1.87. The Bertz CT molecular complexity index is 470. The van der Waals surface area contributed by atoms with Crippen molar-refractivity contribution in [2.24, 2.45) is 0 Å². The van der Waals surface area contributed by atoms with Gasteiger partial charge in [-0.2, -0.15) is 0 Å². The van der Waals surface area contributed by atoms with E-state index in [1.807, 2.05) is 30.3 Å². The molecule has 0 aliphatic carbocycles. The van der Waals surface area contributed by atoms with Crippen molar-refractivity contribution < 1.29 is 4.21 Å². The zero-order valence-electron chi connectivity index (χ0n) is 7.76. The van der Waals surface area contributed by atoms with Gasteiger partial charge in [0.2, 0.25) is 0 Å². The molecule has 0 aliphatic rings. The minimum absolute atomic E-state index is 0.406. The molecule has 2 nitrogen and oxygen atoms in total. The van der Waals surface area contributed by atoms with Gasteiger partial charge >= 0.3 is 0 Å². The lowest BCUT2D eigenvalue weighted by Crippen LogP contribution is -1.92. The molecule has 4 heteroatoms. The number of nitrogens with zero attached hydrogens (tertiary/aromatic N) is 1. The molecule has 0 N–H and O–H groups in total. The van der Waals surface area contributed by atoms with Crippen LogP contribution in [0.3, 0.4) is 0 Å². The van der Waals surface area contributed by atoms with Crippen LogP contribution in [0.4, 0.5) is 0 Å². The van der Waals surface area contributed by atoms with E-state index in [1.54, 1.807) is 12.1 Å². The smallest absolute Gasteiger partial charge is 0.129 e. The van der Waals surface area contributed by atoms with Crippen LogP contribution in [0.5, 0.6) is 0 Å². The van der Waals surface area contributed by atoms with Gasteiger partial charge in [0.05, 0.1) is 15.7 Å². The van der Waals surface area contributed by atoms with Gasteiger partial charge in [-0.3, -0.25) is 0 Å². The molecule has 0 saturated heterocycles. The van der Waals surface area contributed by atoms with Crippen molar-refractivity contribution in [2.45, 2.75) is 9.79 Å². The first-order valence-electron chi connectivity index (χ1n) is 4.36. The highest BCUT2D eigenvalue weighted by molar-refractivity contribution is 7.85. The second kappa shape index (κ2) is 4.55. The predicted octanol–water partition coefficient (Wildman–Crippen LogP) is 2.90. The maximum Gasteiger partial charge on any atom is 0.129 e. The summed E-state index contributed by atoms with van der Waals surface area (Å²) in [5.41, 5.74) is 0. The number of pyridine rings is 1. The Balaban J connectivity index is 2.33. The molecular weight excluding hydrogens is 230 g/mol. The maximum atomic E-state index is 12.0. The summed E-state index contributed by atoms with van der Waals surface area (Å²) in [5, 5.41) is 0.406. The number of hydrogen-bond donors (Lipinski definition) is 0. The predicted molar refractivity (Wildman–Crippen MR) is 60.4 cm³/mol. The molecule has 0 fully saturated rings. The van der Waals surface area contributed by atoms with E-state index < -0.39 is 10.8 Å². The maximum absolute atomic E-state index is 12.0. The van der Waals surface area contributed by atoms with Gasteiger partial charge in [0.1, 0.15) is 5.15 Å². The summed E-state index contributed by atoms with van der Waals surface area (Å²) in [6, 6.07) is 12.6. The molecule has 0 aliphatic heterocycles. The molecule has 0 bridgehead atoms. The third-order valence-corrected chi connectivity index (χ3v) is 3.47. The van der Waals surface area contributed by atoms with Gasteiger partial charge in [-0.05, 0) is 24.3 Å². The summed E-state index contributed by atoms with van der Waals surface area (Å²) < 4.78 is 12.0. The molecule has 2 aromatic rings. The Kier molecular flexibility index (Phi) is 3.14. The van der Waals surface area contributed by atoms with Crippen molar-refractivity contribution in [3.8, 4) is 0 Å². The van der Waals surface area contributed by atoms with E-state index in [9.17, 15) is 4.21 Å². The van der Waals surface area contributed by atoms with Crippen LogP contribution in [-0.2, 0) is 10.8 Å². The topological polar surface area (TPSA) is 30.0 Å². The Morgan fingerprint density at radius 3 is 2.33 bits per heavy atom. The summed E-state index contributed by atoms with van der Waals surface area (Å²) >= 11 is 5.65. The normalized spacial score (nSPS) is 12.3. The lowest BCUT2D eigenvalue weighted by molar-refractivity contribution is 0.683. The molecule has 1 atom stereocenters. The molecule has 76 valence electrons. The molecule has 2 rings (SSSR count). The van der Waals surface area contributed by atoms with Crippen molar-refractivity contribution in [3.05, 3.63) is 53.8 Å². The molecular formula is C11H8ClNOS. The van der Waals surface area contributed by atoms with Crippen molar-refractivity contribution in [2.75, 3.05) is 0 Å². The third kappa shape index (κ3) is 2.43. The van der Waals surface area contributed by atoms with Gasteiger partial charge in [0.15, 0.2) is 0 Å². The van der Waals surface area contributed by atoms with E-state index in [0.29, 0.717) is 10.0 Å². The first-order chi connectivity index (χ1) is 7.27. The fraction of sp³-hybridized carbons (Fsp3) is 0. The van der Waals surface area contributed by atoms with Crippen molar-refractivity contribution in [1.29, 1.82) is 0 Å². The van der Waals surface area contributed by atoms with Crippen molar-refractivity contribution in [3.63, 3.8) is 0 Å². The second-order valence-electron chi connectivity index (χ2n) is 2.90. The van der Waals surface area contributed by atoms with Gasteiger partial charge < -0.3 is 0 Å². The van der Waals surface area contributed by atoms with Gasteiger partial charge in [0, 0.05) is 11.1 Å². The van der Waals surface area contributed by atoms with E-state index in [1.165, 1.54) is 6.20 Å². The van der Waals surface area contributed by atoms with E-state index >= 15 is 0 Å². The average Bonchev–Trinajstić information content (AvgIpc) is 2.30. The second-order valence-corrected chi connectivity index (χ2v) is 4.77. The standard InChI is InChI=1S/C11H8ClNOS/c12-11-7-6-10(8-13-11)15(14)9-4-2-1-3-5-9/h1-8H/t15-/m0/s1. The van der Waals surface area contributed by atoms with Crippen LogP contribution in [-0.4, -0.2) is 9.19 Å². The minimum Gasteiger partial charge on any atom is -0.249 e. The number of benzene rings is 1. The van der Waals surface area contributed by atoms with Crippen LogP contribution in [0.1, 0.15) is 0 Å². The number of halogens is 1. The molecule has 1 aromatic carbocycles. The molecule has 1 aromatic heterocycles. The monoisotopic (exact) mass is 237 g/mol. The minimum atomic E-state index is -1.18. The van der Waals surface area contributed by atoms with E-state index in [-0.39, 0.29) is 0 Å². The Morgan fingerprint density at radius 1 is 1.00 bits per heavy atom. The lowest BCUT2D eigenvalue weighted by atomic mass is 10.4. The largest absolute Gasteiger partial charge is 0.249 e. The summed E-state index contributed by atoms with van der Waals surface area (Å²) in [5.74, 6) is 0. The molecule has 1 heterocycles. The lowest BCUT2D eigenvalue weighted by Gasteiger charge is -2.00. The van der Waals surface area contributed by atoms with Gasteiger partial charge in [-0.15, -0.1) is 0 Å². The highest BCUT2D eigenvalue weighted by atomic mass is 35.5. The number of aromatic nitrogens is 1. The molecule has 0 unspecified atom stereocenters. The highest BCUT2D eigenvalue weighted by Gasteiger charge is 2.06. The van der Waals surface area contributed by atoms with Crippen LogP contribution in [0, 0.1) is 0 Å². The molecule has 0 amide bonds. The Labute approximate surface area is 95.4 Å². The molecule has 0 saturated carbocycles. The summed E-state index contributed by atoms with van der Waals surface area (Å²) in [6.45, 7) is 0. The van der Waals surface area contributed by atoms with Gasteiger partial charge in [-0.25, -0.2) is 9.19 Å². The Morgan fingerprint density at radius 2 is 1.73 bits per heavy atom. The van der Waals surface area contributed by atoms with Crippen molar-refractivity contribution >= 4 is 22.4 Å². The van der Waals surface area contributed by atoms with E-state index in [2.05, 4.69) is 4.98 Å². The van der Waals surface area contributed by atoms with Crippen LogP contribution in [0.15, 0.2) is 58.5 Å². The fourth-order valence-corrected chi connectivity index (χ4v) is 2.28. The number of rotatable bonds is 2. The molecule has 0 spiro atoms. The van der Waals surface area contributed by atoms with Crippen LogP contribution >= 0.6 is 11.6 Å². The zero-order valence-corrected chi connectivity index (χ0v) is 9.33. The van der Waals surface area contributed by atoms with E-state index in [4.69, 9.17) is 11.6 Å². The molecule has 0 radical (unpaired) electrons. The first kappa shape index (κ1) is 10.3. The highest BCUT2D eigenvalue weighted by Crippen LogP contribution is 2.16. The summed E-state index contributed by atoms with van der Waals surface area (Å²) in [4.78, 5) is 5.32. The average molecular weight is 238 g/mol. The zero-order chi connectivity index (χ0) is 10.7. The van der Waals surface area contributed by atoms with Gasteiger partial charge in [-0.1, -0.05) is 29.8 Å². The first-order valence-corrected chi connectivity index (χ1v) is 5.88. The van der Waals surface area contributed by atoms with Crippen LogP contribution < -0.4 is 0 Å². The van der Waals surface area contributed by atoms with Crippen LogP contribution in [0.25, 0.3) is 0 Å². The van der Waals surface area contributed by atoms with Crippen LogP contribution in [0.2, 0.25) is 5.15 Å². The summed E-state index contributed by atoms with van der Waals surface area (Å²) in [7, 11) is -1.18. The fourth-order valence-electron chi connectivity index (χ4n) is 1.15. The van der Waals surface area contributed by atoms with E-state index in [0.717, 1.165) is 4.90 Å². The SMILES string of the molecule is O=[S@@](c1ccccc1)c1ccc(Cl)nc1. The van der Waals surface area contributed by atoms with Crippen molar-refractivity contribution in [1.82, 2.24) is 4.98 Å². The Hall–Kier alpha value is -1.19.